The third kappa shape index (κ3) is 3.15. The largest absolute Gasteiger partial charge is 0.0839 e. The summed E-state index contributed by atoms with van der Waals surface area (Å²) >= 11 is 0. The maximum atomic E-state index is 2.51. The van der Waals surface area contributed by atoms with Crippen molar-refractivity contribution in [1.29, 1.82) is 0 Å². The molecule has 37 heavy (non-hydrogen) atoms. The summed E-state index contributed by atoms with van der Waals surface area (Å²) in [5, 5.41) is 2.63. The summed E-state index contributed by atoms with van der Waals surface area (Å²) in [7, 11) is 0. The summed E-state index contributed by atoms with van der Waals surface area (Å²) in [5.41, 5.74) is 12.4. The van der Waals surface area contributed by atoms with Crippen LogP contribution in [-0.4, -0.2) is 0 Å². The smallest absolute Gasteiger partial charge is 0.0713 e. The van der Waals surface area contributed by atoms with Crippen LogP contribution in [0.3, 0.4) is 0 Å². The van der Waals surface area contributed by atoms with E-state index in [1.54, 1.807) is 0 Å². The van der Waals surface area contributed by atoms with Gasteiger partial charge in [0.1, 0.15) is 0 Å². The van der Waals surface area contributed by atoms with Crippen molar-refractivity contribution in [3.05, 3.63) is 149 Å². The summed E-state index contributed by atoms with van der Waals surface area (Å²) < 4.78 is 0. The van der Waals surface area contributed by atoms with Gasteiger partial charge in [-0.1, -0.05) is 122 Å². The van der Waals surface area contributed by atoms with Crippen LogP contribution in [0.4, 0.5) is 0 Å². The Kier molecular flexibility index (Phi) is 5.18. The van der Waals surface area contributed by atoms with Crippen molar-refractivity contribution in [2.24, 2.45) is 5.92 Å². The van der Waals surface area contributed by atoms with E-state index in [1.165, 1.54) is 60.9 Å². The normalized spacial score (nSPS) is 22.2. The van der Waals surface area contributed by atoms with Gasteiger partial charge in [-0.3, -0.25) is 0 Å². The quantitative estimate of drug-likeness (QED) is 0.276. The highest BCUT2D eigenvalue weighted by Gasteiger charge is 2.50. The van der Waals surface area contributed by atoms with Crippen LogP contribution >= 0.6 is 0 Å². The van der Waals surface area contributed by atoms with Crippen molar-refractivity contribution >= 4 is 16.3 Å². The summed E-state index contributed by atoms with van der Waals surface area (Å²) in [6.45, 7) is 4.68. The molecule has 0 fully saturated rings. The molecule has 0 nitrogen and oxygen atoms in total. The first kappa shape index (κ1) is 22.3. The summed E-state index contributed by atoms with van der Waals surface area (Å²) in [4.78, 5) is 0. The Bertz CT molecular complexity index is 1660. The Morgan fingerprint density at radius 2 is 1.54 bits per heavy atom. The zero-order valence-corrected chi connectivity index (χ0v) is 21.7. The molecular formula is C37H32. The lowest BCUT2D eigenvalue weighted by Crippen LogP contribution is -2.31. The van der Waals surface area contributed by atoms with E-state index in [0.29, 0.717) is 5.92 Å². The Balaban J connectivity index is 1.67. The number of benzene rings is 4. The lowest BCUT2D eigenvalue weighted by Gasteiger charge is -2.38. The molecule has 0 saturated carbocycles. The van der Waals surface area contributed by atoms with Gasteiger partial charge in [-0.15, -0.1) is 0 Å². The van der Waals surface area contributed by atoms with Crippen LogP contribution in [0.1, 0.15) is 48.4 Å². The van der Waals surface area contributed by atoms with E-state index < -0.39 is 0 Å². The average Bonchev–Trinajstić information content (AvgIpc) is 3.27. The van der Waals surface area contributed by atoms with E-state index in [0.717, 1.165) is 19.3 Å². The highest BCUT2D eigenvalue weighted by atomic mass is 14.5. The molecular weight excluding hydrogens is 444 g/mol. The van der Waals surface area contributed by atoms with Crippen molar-refractivity contribution in [2.45, 2.75) is 38.5 Å². The van der Waals surface area contributed by atoms with Gasteiger partial charge in [0.15, 0.2) is 0 Å². The molecule has 2 atom stereocenters. The first-order chi connectivity index (χ1) is 18.2. The second kappa shape index (κ2) is 8.60. The average molecular weight is 477 g/mol. The number of rotatable bonds is 3. The Hall–Kier alpha value is -3.90. The molecule has 0 spiro atoms. The number of hydrogen-bond acceptors (Lipinski definition) is 0. The Labute approximate surface area is 220 Å². The van der Waals surface area contributed by atoms with Crippen LogP contribution in [0.25, 0.3) is 27.5 Å². The van der Waals surface area contributed by atoms with Gasteiger partial charge >= 0.3 is 0 Å². The van der Waals surface area contributed by atoms with Gasteiger partial charge in [-0.25, -0.2) is 0 Å². The molecule has 2 unspecified atom stereocenters. The monoisotopic (exact) mass is 476 g/mol. The SMILES string of the molecule is Cc1ccc2ccccc2c1-c1cccc2c1C(C1=CCCC=C1)(c1ccccc1)C1=C2C(C)CC=C1. The second-order valence-corrected chi connectivity index (χ2v) is 10.8. The standard InChI is InChI=1S/C37H32/c1-25-13-11-22-33-35(25)32-21-12-20-31(34-26(2)23-24-27-14-9-10-19-30(27)34)36(32)37(33,28-15-5-3-6-16-28)29-17-7-4-8-18-29/h3,5-7,9-12,14-25H,4,8,13H2,1-2H3. The molecule has 0 heterocycles. The van der Waals surface area contributed by atoms with Gasteiger partial charge in [-0.05, 0) is 93.0 Å². The molecule has 0 aliphatic heterocycles. The molecule has 4 aromatic carbocycles. The minimum Gasteiger partial charge on any atom is -0.0839 e. The highest BCUT2D eigenvalue weighted by Crippen LogP contribution is 2.61. The molecule has 3 aliphatic carbocycles. The number of allylic oxidation sites excluding steroid dienone is 8. The zero-order chi connectivity index (χ0) is 25.0. The fraction of sp³-hybridized carbons (Fsp3) is 0.189. The van der Waals surface area contributed by atoms with Crippen molar-refractivity contribution in [3.8, 4) is 11.1 Å². The van der Waals surface area contributed by atoms with E-state index in [2.05, 4.69) is 129 Å². The molecule has 0 saturated heterocycles. The topological polar surface area (TPSA) is 0 Å². The molecule has 4 aromatic rings. The van der Waals surface area contributed by atoms with E-state index in [1.807, 2.05) is 0 Å². The minimum absolute atomic E-state index is 0.325. The van der Waals surface area contributed by atoms with Crippen molar-refractivity contribution in [2.75, 3.05) is 0 Å². The van der Waals surface area contributed by atoms with E-state index in [-0.39, 0.29) is 5.41 Å². The maximum Gasteiger partial charge on any atom is 0.0713 e. The van der Waals surface area contributed by atoms with Gasteiger partial charge in [0.05, 0.1) is 5.41 Å². The minimum atomic E-state index is -0.325. The summed E-state index contributed by atoms with van der Waals surface area (Å²) in [5.74, 6) is 0.487. The van der Waals surface area contributed by atoms with Gasteiger partial charge < -0.3 is 0 Å². The predicted octanol–water partition coefficient (Wildman–Crippen LogP) is 9.74. The zero-order valence-electron chi connectivity index (χ0n) is 21.7. The number of aryl methyl sites for hydroxylation is 1. The second-order valence-electron chi connectivity index (χ2n) is 10.8. The van der Waals surface area contributed by atoms with Gasteiger partial charge in [0, 0.05) is 0 Å². The first-order valence-electron chi connectivity index (χ1n) is 13.7. The molecule has 3 aliphatic rings. The van der Waals surface area contributed by atoms with E-state index >= 15 is 0 Å². The highest BCUT2D eigenvalue weighted by molar-refractivity contribution is 6.02. The van der Waals surface area contributed by atoms with Crippen LogP contribution < -0.4 is 0 Å². The van der Waals surface area contributed by atoms with Gasteiger partial charge in [-0.2, -0.15) is 0 Å². The molecule has 7 rings (SSSR count). The van der Waals surface area contributed by atoms with Gasteiger partial charge in [0.25, 0.3) is 0 Å². The molecule has 0 heteroatoms. The molecule has 0 bridgehead atoms. The van der Waals surface area contributed by atoms with Crippen LogP contribution in [0, 0.1) is 12.8 Å². The Morgan fingerprint density at radius 1 is 0.730 bits per heavy atom. The lowest BCUT2D eigenvalue weighted by molar-refractivity contribution is 0.715. The van der Waals surface area contributed by atoms with Crippen LogP contribution in [0.5, 0.6) is 0 Å². The summed E-state index contributed by atoms with van der Waals surface area (Å²) in [6, 6.07) is 31.8. The molecule has 0 amide bonds. The van der Waals surface area contributed by atoms with Crippen molar-refractivity contribution in [1.82, 2.24) is 0 Å². The molecule has 180 valence electrons. The third-order valence-electron chi connectivity index (χ3n) is 8.73. The van der Waals surface area contributed by atoms with E-state index in [9.17, 15) is 0 Å². The van der Waals surface area contributed by atoms with Gasteiger partial charge in [0.2, 0.25) is 0 Å². The number of fused-ring (bicyclic) bond motifs is 3. The Morgan fingerprint density at radius 3 is 2.38 bits per heavy atom. The first-order valence-corrected chi connectivity index (χ1v) is 13.7. The fourth-order valence-corrected chi connectivity index (χ4v) is 7.21. The van der Waals surface area contributed by atoms with E-state index in [4.69, 9.17) is 0 Å². The van der Waals surface area contributed by atoms with Crippen LogP contribution in [-0.2, 0) is 5.41 Å². The van der Waals surface area contributed by atoms with Crippen molar-refractivity contribution in [3.63, 3.8) is 0 Å². The fourth-order valence-electron chi connectivity index (χ4n) is 7.21. The predicted molar refractivity (Wildman–Crippen MR) is 158 cm³/mol. The summed E-state index contributed by atoms with van der Waals surface area (Å²) in [6.07, 6.45) is 15.4. The lowest BCUT2D eigenvalue weighted by atomic mass is 9.63. The molecule has 0 aromatic heterocycles. The van der Waals surface area contributed by atoms with Crippen LogP contribution in [0.15, 0.2) is 126 Å². The molecule has 0 N–H and O–H groups in total. The van der Waals surface area contributed by atoms with Crippen LogP contribution in [0.2, 0.25) is 0 Å². The van der Waals surface area contributed by atoms with Crippen molar-refractivity contribution < 1.29 is 0 Å². The third-order valence-corrected chi connectivity index (χ3v) is 8.73. The maximum absolute atomic E-state index is 2.51. The number of hydrogen-bond donors (Lipinski definition) is 0. The molecule has 0 radical (unpaired) electrons.